The van der Waals surface area contributed by atoms with Crippen LogP contribution in [0.1, 0.15) is 39.0 Å². The summed E-state index contributed by atoms with van der Waals surface area (Å²) in [6.45, 7) is 3.54. The molecule has 0 atom stereocenters. The number of carbonyl (C=O) groups is 3. The summed E-state index contributed by atoms with van der Waals surface area (Å²) >= 11 is 0. The molecule has 0 aromatic heterocycles. The zero-order valence-electron chi connectivity index (χ0n) is 11.2. The molecule has 0 saturated heterocycles. The Morgan fingerprint density at radius 2 is 1.79 bits per heavy atom. The normalized spacial score (nSPS) is 9.95. The molecule has 0 unspecified atom stereocenters. The molecule has 0 aliphatic rings. The summed E-state index contributed by atoms with van der Waals surface area (Å²) in [6, 6.07) is -0.528. The first-order valence-corrected chi connectivity index (χ1v) is 6.43. The number of rotatable bonds is 10. The monoisotopic (exact) mass is 274 g/mol. The predicted octanol–water partition coefficient (Wildman–Crippen LogP) is 0.884. The number of ether oxygens (including phenoxy) is 1. The number of carboxylic acids is 1. The molecule has 0 aromatic carbocycles. The molecule has 0 radical (unpaired) electrons. The lowest BCUT2D eigenvalue weighted by molar-refractivity contribution is -0.137. The molecular formula is C12H22N2O5. The molecule has 110 valence electrons. The van der Waals surface area contributed by atoms with E-state index in [2.05, 4.69) is 10.6 Å². The third kappa shape index (κ3) is 12.6. The maximum atomic E-state index is 11.3. The van der Waals surface area contributed by atoms with Crippen LogP contribution in [-0.2, 0) is 14.3 Å². The number of unbranched alkanes of at least 4 members (excludes halogenated alkanes) is 1. The van der Waals surface area contributed by atoms with E-state index in [0.29, 0.717) is 39.0 Å². The third-order valence-corrected chi connectivity index (χ3v) is 2.25. The first-order valence-electron chi connectivity index (χ1n) is 6.43. The van der Waals surface area contributed by atoms with Crippen LogP contribution in [0.4, 0.5) is 4.79 Å². The van der Waals surface area contributed by atoms with Crippen molar-refractivity contribution < 1.29 is 24.2 Å². The third-order valence-electron chi connectivity index (χ3n) is 2.25. The van der Waals surface area contributed by atoms with E-state index >= 15 is 0 Å². The fraction of sp³-hybridized carbons (Fsp3) is 0.750. The average Bonchev–Trinajstić information content (AvgIpc) is 2.34. The second-order valence-corrected chi connectivity index (χ2v) is 3.96. The van der Waals surface area contributed by atoms with Gasteiger partial charge in [-0.2, -0.15) is 0 Å². The highest BCUT2D eigenvalue weighted by molar-refractivity contribution is 5.94. The van der Waals surface area contributed by atoms with Gasteiger partial charge in [0.25, 0.3) is 0 Å². The van der Waals surface area contributed by atoms with Crippen LogP contribution in [0.3, 0.4) is 0 Å². The fourth-order valence-corrected chi connectivity index (χ4v) is 1.32. The average molecular weight is 274 g/mol. The minimum atomic E-state index is -0.882. The second kappa shape index (κ2) is 11.5. The Morgan fingerprint density at radius 1 is 1.11 bits per heavy atom. The van der Waals surface area contributed by atoms with Crippen LogP contribution in [-0.4, -0.2) is 42.8 Å². The largest absolute Gasteiger partial charge is 0.481 e. The van der Waals surface area contributed by atoms with Crippen molar-refractivity contribution in [2.24, 2.45) is 0 Å². The van der Waals surface area contributed by atoms with Gasteiger partial charge in [0.15, 0.2) is 0 Å². The minimum Gasteiger partial charge on any atom is -0.481 e. The highest BCUT2D eigenvalue weighted by atomic mass is 16.5. The summed E-state index contributed by atoms with van der Waals surface area (Å²) in [5.41, 5.74) is 0. The van der Waals surface area contributed by atoms with E-state index in [1.54, 1.807) is 0 Å². The van der Waals surface area contributed by atoms with Gasteiger partial charge in [0.05, 0.1) is 0 Å². The Balaban J connectivity index is 3.47. The molecule has 0 fully saturated rings. The quantitative estimate of drug-likeness (QED) is 0.513. The van der Waals surface area contributed by atoms with Crippen LogP contribution in [0.5, 0.6) is 0 Å². The summed E-state index contributed by atoms with van der Waals surface area (Å²) in [6.07, 6.45) is 1.76. The molecule has 0 rings (SSSR count). The lowest BCUT2D eigenvalue weighted by Crippen LogP contribution is -2.39. The van der Waals surface area contributed by atoms with Crippen LogP contribution in [0.25, 0.3) is 0 Å². The van der Waals surface area contributed by atoms with Gasteiger partial charge in [0, 0.05) is 32.6 Å². The van der Waals surface area contributed by atoms with Crippen molar-refractivity contribution in [1.29, 1.82) is 0 Å². The first-order chi connectivity index (χ1) is 9.06. The Morgan fingerprint density at radius 3 is 2.42 bits per heavy atom. The minimum absolute atomic E-state index is 0.0386. The van der Waals surface area contributed by atoms with E-state index in [4.69, 9.17) is 9.84 Å². The van der Waals surface area contributed by atoms with Crippen LogP contribution in [0.2, 0.25) is 0 Å². The van der Waals surface area contributed by atoms with Crippen molar-refractivity contribution in [2.75, 3.05) is 19.8 Å². The summed E-state index contributed by atoms with van der Waals surface area (Å²) in [5.74, 6) is -1.28. The molecule has 7 nitrogen and oxygen atoms in total. The van der Waals surface area contributed by atoms with Gasteiger partial charge in [0.2, 0.25) is 5.91 Å². The standard InChI is InChI=1S/C12H22N2O5/c1-2-19-9-5-8-13-12(18)14-10(15)6-3-4-7-11(16)17/h2-9H2,1H3,(H,16,17)(H2,13,14,15,18). The van der Waals surface area contributed by atoms with Crippen LogP contribution in [0.15, 0.2) is 0 Å². The zero-order chi connectivity index (χ0) is 14.5. The van der Waals surface area contributed by atoms with Crippen LogP contribution in [0, 0.1) is 0 Å². The van der Waals surface area contributed by atoms with E-state index in [1.165, 1.54) is 0 Å². The summed E-state index contributed by atoms with van der Waals surface area (Å²) in [7, 11) is 0. The molecule has 0 aliphatic carbocycles. The zero-order valence-corrected chi connectivity index (χ0v) is 11.2. The van der Waals surface area contributed by atoms with Crippen molar-refractivity contribution in [1.82, 2.24) is 10.6 Å². The van der Waals surface area contributed by atoms with Gasteiger partial charge in [-0.3, -0.25) is 14.9 Å². The van der Waals surface area contributed by atoms with Crippen molar-refractivity contribution >= 4 is 17.9 Å². The number of urea groups is 1. The molecule has 3 amide bonds. The molecule has 0 heterocycles. The van der Waals surface area contributed by atoms with Crippen molar-refractivity contribution in [3.63, 3.8) is 0 Å². The van der Waals surface area contributed by atoms with Crippen molar-refractivity contribution in [2.45, 2.75) is 39.0 Å². The van der Waals surface area contributed by atoms with E-state index in [-0.39, 0.29) is 12.8 Å². The molecular weight excluding hydrogens is 252 g/mol. The van der Waals surface area contributed by atoms with Crippen LogP contribution < -0.4 is 10.6 Å². The van der Waals surface area contributed by atoms with E-state index < -0.39 is 17.9 Å². The van der Waals surface area contributed by atoms with Gasteiger partial charge in [-0.1, -0.05) is 0 Å². The van der Waals surface area contributed by atoms with Gasteiger partial charge in [0.1, 0.15) is 0 Å². The van der Waals surface area contributed by atoms with Crippen LogP contribution >= 0.6 is 0 Å². The van der Waals surface area contributed by atoms with Gasteiger partial charge in [-0.15, -0.1) is 0 Å². The molecule has 0 spiro atoms. The summed E-state index contributed by atoms with van der Waals surface area (Å²) < 4.78 is 5.09. The Kier molecular flexibility index (Phi) is 10.5. The van der Waals surface area contributed by atoms with Gasteiger partial charge < -0.3 is 15.2 Å². The first kappa shape index (κ1) is 17.4. The number of amides is 3. The highest BCUT2D eigenvalue weighted by Crippen LogP contribution is 1.99. The molecule has 0 bridgehead atoms. The maximum Gasteiger partial charge on any atom is 0.321 e. The fourth-order valence-electron chi connectivity index (χ4n) is 1.32. The Bertz CT molecular complexity index is 294. The van der Waals surface area contributed by atoms with Crippen molar-refractivity contribution in [3.8, 4) is 0 Å². The second-order valence-electron chi connectivity index (χ2n) is 3.96. The maximum absolute atomic E-state index is 11.3. The molecule has 3 N–H and O–H groups in total. The lowest BCUT2D eigenvalue weighted by atomic mass is 10.2. The predicted molar refractivity (Wildman–Crippen MR) is 68.8 cm³/mol. The molecule has 0 aliphatic heterocycles. The number of imide groups is 1. The lowest BCUT2D eigenvalue weighted by Gasteiger charge is -2.06. The van der Waals surface area contributed by atoms with E-state index in [1.807, 2.05) is 6.92 Å². The van der Waals surface area contributed by atoms with Gasteiger partial charge in [-0.25, -0.2) is 4.79 Å². The number of carbonyl (C=O) groups excluding carboxylic acids is 2. The summed E-state index contributed by atoms with van der Waals surface area (Å²) in [4.78, 5) is 32.8. The molecule has 0 aromatic rings. The number of hydrogen-bond acceptors (Lipinski definition) is 4. The SMILES string of the molecule is CCOCCCNC(=O)NC(=O)CCCCC(=O)O. The Labute approximate surface area is 112 Å². The molecule has 0 saturated carbocycles. The van der Waals surface area contributed by atoms with E-state index in [9.17, 15) is 14.4 Å². The number of carboxylic acid groups (broad SMARTS) is 1. The highest BCUT2D eigenvalue weighted by Gasteiger charge is 2.07. The number of aliphatic carboxylic acids is 1. The number of hydrogen-bond donors (Lipinski definition) is 3. The van der Waals surface area contributed by atoms with Crippen molar-refractivity contribution in [3.05, 3.63) is 0 Å². The summed E-state index contributed by atoms with van der Waals surface area (Å²) in [5, 5.41) is 13.1. The van der Waals surface area contributed by atoms with Gasteiger partial charge in [-0.05, 0) is 26.2 Å². The van der Waals surface area contributed by atoms with E-state index in [0.717, 1.165) is 0 Å². The molecule has 19 heavy (non-hydrogen) atoms. The van der Waals surface area contributed by atoms with Gasteiger partial charge >= 0.3 is 12.0 Å². The Hall–Kier alpha value is -1.63. The number of nitrogens with one attached hydrogen (secondary N) is 2. The topological polar surface area (TPSA) is 105 Å². The molecule has 7 heteroatoms. The smallest absolute Gasteiger partial charge is 0.321 e.